The Morgan fingerprint density at radius 3 is 2.67 bits per heavy atom. The van der Waals surface area contributed by atoms with Gasteiger partial charge in [-0.05, 0) is 65.2 Å². The van der Waals surface area contributed by atoms with Crippen molar-refractivity contribution in [2.24, 2.45) is 15.9 Å². The molecule has 0 spiro atoms. The maximum Gasteiger partial charge on any atom is 0.308 e. The smallest absolute Gasteiger partial charge is 0.308 e. The number of esters is 1. The van der Waals surface area contributed by atoms with Crippen LogP contribution in [0, 0.1) is 12.8 Å². The van der Waals surface area contributed by atoms with Crippen LogP contribution in [-0.2, 0) is 14.3 Å². The van der Waals surface area contributed by atoms with Crippen LogP contribution in [-0.4, -0.2) is 71.2 Å². The van der Waals surface area contributed by atoms with Crippen molar-refractivity contribution in [2.75, 3.05) is 26.3 Å². The normalized spacial score (nSPS) is 25.2. The molecular formula is C26H38N6O4. The highest BCUT2D eigenvalue weighted by Gasteiger charge is 2.37. The number of aliphatic hydroxyl groups excluding tert-OH is 1. The summed E-state index contributed by atoms with van der Waals surface area (Å²) >= 11 is 0. The van der Waals surface area contributed by atoms with E-state index in [1.807, 2.05) is 17.8 Å². The molecule has 0 amide bonds. The fraction of sp³-hybridized carbons (Fsp3) is 0.615. The Balaban J connectivity index is 1.62. The number of aliphatic hydroxyl groups is 1. The maximum absolute atomic E-state index is 11.8. The van der Waals surface area contributed by atoms with E-state index in [1.165, 1.54) is 7.11 Å². The third-order valence-electron chi connectivity index (χ3n) is 7.44. The average Bonchev–Trinajstić information content (AvgIpc) is 3.43. The Bertz CT molecular complexity index is 1090. The average molecular weight is 499 g/mol. The van der Waals surface area contributed by atoms with Crippen LogP contribution in [0.1, 0.15) is 68.8 Å². The molecule has 0 aromatic carbocycles. The molecule has 4 rings (SSSR count). The van der Waals surface area contributed by atoms with Gasteiger partial charge in [-0.15, -0.1) is 0 Å². The van der Waals surface area contributed by atoms with Gasteiger partial charge in [0.15, 0.2) is 0 Å². The molecule has 2 saturated carbocycles. The van der Waals surface area contributed by atoms with Gasteiger partial charge in [0.2, 0.25) is 5.96 Å². The third kappa shape index (κ3) is 5.54. The van der Waals surface area contributed by atoms with Crippen molar-refractivity contribution in [3.8, 4) is 11.1 Å². The van der Waals surface area contributed by atoms with Gasteiger partial charge in [0.1, 0.15) is 0 Å². The van der Waals surface area contributed by atoms with Crippen LogP contribution >= 0.6 is 0 Å². The van der Waals surface area contributed by atoms with Crippen LogP contribution in [0.2, 0.25) is 0 Å². The number of aliphatic imine (C=N–C) groups is 2. The van der Waals surface area contributed by atoms with Crippen LogP contribution in [0.25, 0.3) is 11.1 Å². The predicted molar refractivity (Wildman–Crippen MR) is 139 cm³/mol. The van der Waals surface area contributed by atoms with Crippen molar-refractivity contribution >= 4 is 18.6 Å². The molecular weight excluding hydrogens is 460 g/mol. The van der Waals surface area contributed by atoms with Crippen molar-refractivity contribution in [3.05, 3.63) is 29.8 Å². The molecule has 2 aliphatic rings. The quantitative estimate of drug-likeness (QED) is 0.327. The molecule has 0 unspecified atom stereocenters. The van der Waals surface area contributed by atoms with E-state index in [-0.39, 0.29) is 30.1 Å². The predicted octanol–water partition coefficient (Wildman–Crippen LogP) is 3.44. The number of ether oxygens (including phenoxy) is 2. The number of methoxy groups -OCH3 is 2. The summed E-state index contributed by atoms with van der Waals surface area (Å²) in [5.74, 6) is 0.546. The number of carbonyl (C=O) groups is 1. The second kappa shape index (κ2) is 11.4. The van der Waals surface area contributed by atoms with Gasteiger partial charge < -0.3 is 14.6 Å². The lowest BCUT2D eigenvalue weighted by Crippen LogP contribution is -2.33. The summed E-state index contributed by atoms with van der Waals surface area (Å²) in [7, 11) is 3.09. The number of carbonyl (C=O) groups excluding carboxylic acids is 1. The molecule has 10 heteroatoms. The summed E-state index contributed by atoms with van der Waals surface area (Å²) in [4.78, 5) is 20.5. The van der Waals surface area contributed by atoms with Crippen molar-refractivity contribution in [2.45, 2.75) is 76.5 Å². The fourth-order valence-electron chi connectivity index (χ4n) is 5.28. The Kier molecular flexibility index (Phi) is 8.25. The number of rotatable bonds is 8. The second-order valence-electron chi connectivity index (χ2n) is 9.99. The summed E-state index contributed by atoms with van der Waals surface area (Å²) in [5, 5.41) is 14.7. The summed E-state index contributed by atoms with van der Waals surface area (Å²) in [6, 6.07) is 2.35. The molecule has 2 aliphatic carbocycles. The topological polar surface area (TPSA) is 115 Å². The summed E-state index contributed by atoms with van der Waals surface area (Å²) < 4.78 is 14.1. The lowest BCUT2D eigenvalue weighted by atomic mass is 9.80. The zero-order valence-corrected chi connectivity index (χ0v) is 21.7. The monoisotopic (exact) mass is 498 g/mol. The van der Waals surface area contributed by atoms with Gasteiger partial charge in [-0.25, -0.2) is 9.98 Å². The molecule has 0 bridgehead atoms. The zero-order chi connectivity index (χ0) is 25.8. The van der Waals surface area contributed by atoms with E-state index in [0.717, 1.165) is 61.0 Å². The molecule has 2 aromatic rings. The first-order chi connectivity index (χ1) is 17.3. The van der Waals surface area contributed by atoms with E-state index in [4.69, 9.17) is 9.47 Å². The fourth-order valence-corrected chi connectivity index (χ4v) is 5.28. The molecule has 2 fully saturated rings. The van der Waals surface area contributed by atoms with Crippen molar-refractivity contribution in [3.63, 3.8) is 0 Å². The molecule has 0 radical (unpaired) electrons. The van der Waals surface area contributed by atoms with Crippen LogP contribution in [0.3, 0.4) is 0 Å². The Morgan fingerprint density at radius 2 is 2.03 bits per heavy atom. The molecule has 1 atom stereocenters. The number of nitrogens with zero attached hydrogens (tertiary/aromatic N) is 5. The standard InChI is InChI=1S/C26H38N6O4/c1-16(15-35-4)29-26(27-3)30-32-17(2)23(12-24(32)18-6-8-22(33)9-7-18)20-13-28-31(14-20)21-10-19(11-21)25(34)36-5/h12-14,16,18-19,21-22,33H,3,6-11,15H2,1-2,4-5H3,(H,29,30)/t16-,18?,19?,21?,22?/m0/s1. The van der Waals surface area contributed by atoms with Gasteiger partial charge in [-0.1, -0.05) is 0 Å². The van der Waals surface area contributed by atoms with E-state index < -0.39 is 0 Å². The highest BCUT2D eigenvalue weighted by molar-refractivity contribution is 5.91. The first-order valence-electron chi connectivity index (χ1n) is 12.7. The van der Waals surface area contributed by atoms with E-state index in [9.17, 15) is 9.90 Å². The van der Waals surface area contributed by atoms with Crippen LogP contribution < -0.4 is 5.43 Å². The van der Waals surface area contributed by atoms with Crippen molar-refractivity contribution in [1.82, 2.24) is 14.5 Å². The minimum absolute atomic E-state index is 0.0439. The first kappa shape index (κ1) is 26.1. The second-order valence-corrected chi connectivity index (χ2v) is 9.99. The summed E-state index contributed by atoms with van der Waals surface area (Å²) in [6.45, 7) is 8.22. The zero-order valence-electron chi connectivity index (χ0n) is 21.7. The molecule has 0 saturated heterocycles. The minimum Gasteiger partial charge on any atom is -0.469 e. The van der Waals surface area contributed by atoms with Gasteiger partial charge in [0.05, 0.1) is 44.0 Å². The number of hydrogen-bond acceptors (Lipinski definition) is 6. The third-order valence-corrected chi connectivity index (χ3v) is 7.44. The lowest BCUT2D eigenvalue weighted by molar-refractivity contribution is -0.149. The molecule has 36 heavy (non-hydrogen) atoms. The molecule has 0 aliphatic heterocycles. The maximum atomic E-state index is 11.8. The Hall–Kier alpha value is -2.98. The van der Waals surface area contributed by atoms with E-state index in [0.29, 0.717) is 18.5 Å². The van der Waals surface area contributed by atoms with E-state index >= 15 is 0 Å². The number of nitrogens with one attached hydrogen (secondary N) is 1. The van der Waals surface area contributed by atoms with Crippen molar-refractivity contribution in [1.29, 1.82) is 0 Å². The Morgan fingerprint density at radius 1 is 1.31 bits per heavy atom. The van der Waals surface area contributed by atoms with Gasteiger partial charge in [0, 0.05) is 41.7 Å². The SMILES string of the molecule is C=NC(=N[C@@H](C)COC)Nn1c(C2CCC(O)CC2)cc(-c2cnn(C3CC(C(=O)OC)C3)c2)c1C. The van der Waals surface area contributed by atoms with Gasteiger partial charge in [0.25, 0.3) is 0 Å². The number of aromatic nitrogens is 3. The molecule has 2 N–H and O–H groups in total. The van der Waals surface area contributed by atoms with Crippen molar-refractivity contribution < 1.29 is 19.4 Å². The minimum atomic E-state index is -0.227. The number of hydrogen-bond donors (Lipinski definition) is 2. The highest BCUT2D eigenvalue weighted by atomic mass is 16.5. The summed E-state index contributed by atoms with van der Waals surface area (Å²) in [6.07, 6.45) is 8.61. The van der Waals surface area contributed by atoms with E-state index in [2.05, 4.69) is 51.1 Å². The number of guanidine groups is 1. The lowest BCUT2D eigenvalue weighted by Gasteiger charge is -2.33. The molecule has 2 heterocycles. The molecule has 10 nitrogen and oxygen atoms in total. The van der Waals surface area contributed by atoms with Gasteiger partial charge >= 0.3 is 5.97 Å². The van der Waals surface area contributed by atoms with E-state index in [1.54, 1.807) is 7.11 Å². The summed E-state index contributed by atoms with van der Waals surface area (Å²) in [5.41, 5.74) is 7.62. The highest BCUT2D eigenvalue weighted by Crippen LogP contribution is 2.40. The van der Waals surface area contributed by atoms with Gasteiger partial charge in [-0.2, -0.15) is 5.10 Å². The molecule has 2 aromatic heterocycles. The van der Waals surface area contributed by atoms with Crippen LogP contribution in [0.4, 0.5) is 0 Å². The first-order valence-corrected chi connectivity index (χ1v) is 12.7. The van der Waals surface area contributed by atoms with Gasteiger partial charge in [-0.3, -0.25) is 19.6 Å². The van der Waals surface area contributed by atoms with Crippen LogP contribution in [0.5, 0.6) is 0 Å². The Labute approximate surface area is 212 Å². The molecule has 196 valence electrons. The largest absolute Gasteiger partial charge is 0.469 e. The van der Waals surface area contributed by atoms with Crippen LogP contribution in [0.15, 0.2) is 28.4 Å².